The molecule has 12 heteroatoms. The molecule has 0 saturated carbocycles. The van der Waals surface area contributed by atoms with Crippen LogP contribution in [0.15, 0.2) is 36.4 Å². The Bertz CT molecular complexity index is 966. The van der Waals surface area contributed by atoms with Gasteiger partial charge in [-0.2, -0.15) is 13.2 Å². The molecule has 2 amide bonds. The fraction of sp³-hybridized carbons (Fsp3) is 0.409. The first kappa shape index (κ1) is 29.5. The van der Waals surface area contributed by atoms with Crippen LogP contribution in [0.4, 0.5) is 19.0 Å². The summed E-state index contributed by atoms with van der Waals surface area (Å²) in [5, 5.41) is 0. The van der Waals surface area contributed by atoms with Crippen molar-refractivity contribution in [1.82, 2.24) is 15.3 Å². The number of halogens is 5. The molecule has 3 N–H and O–H groups in total. The van der Waals surface area contributed by atoms with E-state index in [0.717, 1.165) is 17.2 Å². The number of alkyl halides is 3. The summed E-state index contributed by atoms with van der Waals surface area (Å²) < 4.78 is 40.7. The molecule has 7 nitrogen and oxygen atoms in total. The molecular weight excluding hydrogens is 494 g/mol. The van der Waals surface area contributed by atoms with Crippen molar-refractivity contribution in [2.45, 2.75) is 32.4 Å². The Labute approximate surface area is 208 Å². The summed E-state index contributed by atoms with van der Waals surface area (Å²) in [6, 6.07) is 9.58. The number of carbonyl (C=O) groups excluding carboxylic acids is 2. The molecule has 0 spiro atoms. The molecule has 1 saturated heterocycles. The third kappa shape index (κ3) is 7.75. The van der Waals surface area contributed by atoms with Crippen molar-refractivity contribution in [3.05, 3.63) is 58.8 Å². The SMILES string of the molecule is CC(=O)N1CCN(c2ccc(C(F)(F)F)c(CCc3ccc(CC(=O)NN)cc3)n2)CC1.Cl.Cl. The van der Waals surface area contributed by atoms with E-state index >= 15 is 0 Å². The van der Waals surface area contributed by atoms with Crippen LogP contribution in [0.3, 0.4) is 0 Å². The lowest BCUT2D eigenvalue weighted by atomic mass is 10.0. The van der Waals surface area contributed by atoms with E-state index in [1.807, 2.05) is 4.90 Å². The van der Waals surface area contributed by atoms with Gasteiger partial charge in [0.25, 0.3) is 0 Å². The van der Waals surface area contributed by atoms with Crippen LogP contribution in [0.2, 0.25) is 0 Å². The lowest BCUT2D eigenvalue weighted by Gasteiger charge is -2.35. The quantitative estimate of drug-likeness (QED) is 0.346. The maximum absolute atomic E-state index is 13.6. The molecule has 1 aromatic heterocycles. The number of anilines is 1. The first-order valence-electron chi connectivity index (χ1n) is 10.3. The predicted molar refractivity (Wildman–Crippen MR) is 128 cm³/mol. The van der Waals surface area contributed by atoms with E-state index in [1.165, 1.54) is 13.0 Å². The zero-order valence-electron chi connectivity index (χ0n) is 18.6. The number of benzene rings is 1. The van der Waals surface area contributed by atoms with Crippen molar-refractivity contribution < 1.29 is 22.8 Å². The van der Waals surface area contributed by atoms with Gasteiger partial charge in [0.05, 0.1) is 17.7 Å². The number of rotatable bonds is 6. The van der Waals surface area contributed by atoms with Crippen LogP contribution in [0.25, 0.3) is 0 Å². The second-order valence-corrected chi connectivity index (χ2v) is 7.72. The van der Waals surface area contributed by atoms with E-state index in [9.17, 15) is 22.8 Å². The number of nitrogens with two attached hydrogens (primary N) is 1. The fourth-order valence-electron chi connectivity index (χ4n) is 3.69. The number of nitrogens with zero attached hydrogens (tertiary/aromatic N) is 3. The summed E-state index contributed by atoms with van der Waals surface area (Å²) in [5.41, 5.74) is 2.92. The number of piperazine rings is 1. The molecule has 0 bridgehead atoms. The fourth-order valence-corrected chi connectivity index (χ4v) is 3.69. The maximum Gasteiger partial charge on any atom is 0.418 e. The minimum atomic E-state index is -4.49. The highest BCUT2D eigenvalue weighted by Gasteiger charge is 2.34. The van der Waals surface area contributed by atoms with Gasteiger partial charge in [-0.3, -0.25) is 15.0 Å². The summed E-state index contributed by atoms with van der Waals surface area (Å²) in [6.45, 7) is 3.58. The molecule has 3 rings (SSSR count). The number of aromatic nitrogens is 1. The van der Waals surface area contributed by atoms with E-state index in [1.54, 1.807) is 29.2 Å². The molecule has 2 heterocycles. The van der Waals surface area contributed by atoms with Gasteiger partial charge >= 0.3 is 6.18 Å². The van der Waals surface area contributed by atoms with Gasteiger partial charge in [-0.05, 0) is 36.1 Å². The maximum atomic E-state index is 13.6. The van der Waals surface area contributed by atoms with Crippen LogP contribution in [-0.4, -0.2) is 47.9 Å². The largest absolute Gasteiger partial charge is 0.418 e. The average molecular weight is 522 g/mol. The van der Waals surface area contributed by atoms with Crippen LogP contribution in [0.1, 0.15) is 29.3 Å². The van der Waals surface area contributed by atoms with E-state index in [0.29, 0.717) is 38.4 Å². The van der Waals surface area contributed by atoms with Gasteiger partial charge in [0.15, 0.2) is 0 Å². The number of pyridine rings is 1. The standard InChI is InChI=1S/C22H26F3N5O2.2ClH/c1-15(31)29-10-12-30(13-11-29)20-9-7-18(22(23,24)25)19(27-20)8-6-16-2-4-17(5-3-16)14-21(32)28-26;;/h2-5,7,9H,6,8,10-14,26H2,1H3,(H,28,32);2*1H. The third-order valence-electron chi connectivity index (χ3n) is 5.51. The van der Waals surface area contributed by atoms with E-state index in [-0.39, 0.29) is 55.2 Å². The third-order valence-corrected chi connectivity index (χ3v) is 5.51. The molecule has 188 valence electrons. The lowest BCUT2D eigenvalue weighted by Crippen LogP contribution is -2.48. The summed E-state index contributed by atoms with van der Waals surface area (Å²) >= 11 is 0. The smallest absolute Gasteiger partial charge is 0.353 e. The Morgan fingerprint density at radius 3 is 2.09 bits per heavy atom. The number of hydrogen-bond acceptors (Lipinski definition) is 5. The molecule has 34 heavy (non-hydrogen) atoms. The molecule has 1 fully saturated rings. The molecule has 1 aliphatic rings. The molecular formula is C22H28Cl2F3N5O2. The highest BCUT2D eigenvalue weighted by molar-refractivity contribution is 5.85. The average Bonchev–Trinajstić information content (AvgIpc) is 2.77. The zero-order valence-corrected chi connectivity index (χ0v) is 20.2. The van der Waals surface area contributed by atoms with Gasteiger partial charge in [0.2, 0.25) is 11.8 Å². The summed E-state index contributed by atoms with van der Waals surface area (Å²) in [4.78, 5) is 30.8. The molecule has 1 aliphatic heterocycles. The normalized spacial score (nSPS) is 13.6. The van der Waals surface area contributed by atoms with Crippen molar-refractivity contribution in [2.75, 3.05) is 31.1 Å². The minimum Gasteiger partial charge on any atom is -0.353 e. The number of carbonyl (C=O) groups is 2. The van der Waals surface area contributed by atoms with Crippen LogP contribution in [0, 0.1) is 0 Å². The highest BCUT2D eigenvalue weighted by atomic mass is 35.5. The van der Waals surface area contributed by atoms with Crippen LogP contribution < -0.4 is 16.2 Å². The van der Waals surface area contributed by atoms with Gasteiger partial charge in [-0.1, -0.05) is 24.3 Å². The van der Waals surface area contributed by atoms with Crippen molar-refractivity contribution in [3.8, 4) is 0 Å². The Morgan fingerprint density at radius 1 is 0.971 bits per heavy atom. The van der Waals surface area contributed by atoms with Crippen LogP contribution in [-0.2, 0) is 35.0 Å². The number of aryl methyl sites for hydroxylation is 2. The molecule has 0 radical (unpaired) electrons. The number of amides is 2. The Kier molecular flexibility index (Phi) is 11.1. The van der Waals surface area contributed by atoms with E-state index < -0.39 is 11.7 Å². The van der Waals surface area contributed by atoms with Crippen LogP contribution >= 0.6 is 24.8 Å². The number of hydrogen-bond donors (Lipinski definition) is 2. The summed E-state index contributed by atoms with van der Waals surface area (Å²) in [5.74, 6) is 5.23. The van der Waals surface area contributed by atoms with Gasteiger partial charge in [0.1, 0.15) is 5.82 Å². The summed E-state index contributed by atoms with van der Waals surface area (Å²) in [7, 11) is 0. The molecule has 0 aliphatic carbocycles. The topological polar surface area (TPSA) is 91.6 Å². The van der Waals surface area contributed by atoms with Gasteiger partial charge in [0, 0.05) is 33.1 Å². The second kappa shape index (κ2) is 12.8. The lowest BCUT2D eigenvalue weighted by molar-refractivity contribution is -0.138. The Morgan fingerprint density at radius 2 is 1.56 bits per heavy atom. The predicted octanol–water partition coefficient (Wildman–Crippen LogP) is 2.93. The first-order chi connectivity index (χ1) is 15.2. The van der Waals surface area contributed by atoms with Crippen molar-refractivity contribution in [3.63, 3.8) is 0 Å². The zero-order chi connectivity index (χ0) is 23.3. The summed E-state index contributed by atoms with van der Waals surface area (Å²) in [6.07, 6.45) is -3.86. The second-order valence-electron chi connectivity index (χ2n) is 7.72. The molecule has 0 atom stereocenters. The van der Waals surface area contributed by atoms with Crippen LogP contribution in [0.5, 0.6) is 0 Å². The van der Waals surface area contributed by atoms with E-state index in [2.05, 4.69) is 10.4 Å². The molecule has 0 unspecified atom stereocenters. The molecule has 2 aromatic rings. The van der Waals surface area contributed by atoms with E-state index in [4.69, 9.17) is 5.84 Å². The Balaban J connectivity index is 0.00000289. The first-order valence-corrected chi connectivity index (χ1v) is 10.3. The van der Waals surface area contributed by atoms with Gasteiger partial charge < -0.3 is 9.80 Å². The Hall–Kier alpha value is -2.56. The molecule has 1 aromatic carbocycles. The van der Waals surface area contributed by atoms with Crippen molar-refractivity contribution in [1.29, 1.82) is 0 Å². The van der Waals surface area contributed by atoms with Gasteiger partial charge in [-0.25, -0.2) is 10.8 Å². The van der Waals surface area contributed by atoms with Crippen molar-refractivity contribution in [2.24, 2.45) is 5.84 Å². The van der Waals surface area contributed by atoms with Gasteiger partial charge in [-0.15, -0.1) is 24.8 Å². The minimum absolute atomic E-state index is 0. The van der Waals surface area contributed by atoms with Crippen molar-refractivity contribution >= 4 is 42.4 Å². The highest BCUT2D eigenvalue weighted by Crippen LogP contribution is 2.33. The number of hydrazine groups is 1. The number of nitrogens with one attached hydrogen (secondary N) is 1. The monoisotopic (exact) mass is 521 g/mol.